The van der Waals surface area contributed by atoms with Gasteiger partial charge in [0.15, 0.2) is 0 Å². The van der Waals surface area contributed by atoms with Gasteiger partial charge in [-0.3, -0.25) is 14.9 Å². The van der Waals surface area contributed by atoms with E-state index in [2.05, 4.69) is 38.1 Å². The van der Waals surface area contributed by atoms with Crippen molar-refractivity contribution in [3.05, 3.63) is 81.4 Å². The van der Waals surface area contributed by atoms with E-state index < -0.39 is 17.7 Å². The zero-order valence-corrected chi connectivity index (χ0v) is 22.8. The molecule has 0 atom stereocenters. The Labute approximate surface area is 233 Å². The van der Waals surface area contributed by atoms with E-state index in [0.717, 1.165) is 20.4 Å². The quantitative estimate of drug-likeness (QED) is 0.166. The fraction of sp³-hybridized carbons (Fsp3) is 0.0741. The normalized spacial score (nSPS) is 11.0. The summed E-state index contributed by atoms with van der Waals surface area (Å²) in [5.41, 5.74) is 3.57. The van der Waals surface area contributed by atoms with E-state index in [9.17, 15) is 24.6 Å². The van der Waals surface area contributed by atoms with Crippen molar-refractivity contribution < 1.29 is 24.6 Å². The van der Waals surface area contributed by atoms with Gasteiger partial charge in [-0.1, -0.05) is 59.9 Å². The van der Waals surface area contributed by atoms with Crippen LogP contribution < -0.4 is 5.32 Å². The molecule has 3 N–H and O–H groups in total. The topological polar surface area (TPSA) is 134 Å². The number of aromatic hydroxyl groups is 1. The predicted molar refractivity (Wildman–Crippen MR) is 152 cm³/mol. The van der Waals surface area contributed by atoms with Crippen LogP contribution in [-0.4, -0.2) is 42.6 Å². The van der Waals surface area contributed by atoms with E-state index >= 15 is 0 Å². The summed E-state index contributed by atoms with van der Waals surface area (Å²) in [5.74, 6) is -2.93. The SMILES string of the molecule is Cn1c(-c2cccc(CC(=O)C(=O)Nc3nnc(-c4ccccc4)s3)c2)c(I)c2cc(C(=O)O)c(O)cc21. The van der Waals surface area contributed by atoms with E-state index in [1.165, 1.54) is 23.5 Å². The van der Waals surface area contributed by atoms with Crippen LogP contribution in [0.2, 0.25) is 0 Å². The summed E-state index contributed by atoms with van der Waals surface area (Å²) in [7, 11) is 1.82. The second kappa shape index (κ2) is 10.3. The van der Waals surface area contributed by atoms with Gasteiger partial charge in [0, 0.05) is 34.1 Å². The largest absolute Gasteiger partial charge is 0.507 e. The minimum Gasteiger partial charge on any atom is -0.507 e. The number of nitrogens with zero attached hydrogens (tertiary/aromatic N) is 3. The third-order valence-corrected chi connectivity index (χ3v) is 7.95. The minimum absolute atomic E-state index is 0.117. The number of aromatic carboxylic acids is 1. The number of hydrogen-bond donors (Lipinski definition) is 3. The number of amides is 1. The van der Waals surface area contributed by atoms with E-state index in [-0.39, 0.29) is 22.9 Å². The highest BCUT2D eigenvalue weighted by atomic mass is 127. The van der Waals surface area contributed by atoms with Gasteiger partial charge in [-0.15, -0.1) is 10.2 Å². The lowest BCUT2D eigenvalue weighted by molar-refractivity contribution is -0.134. The van der Waals surface area contributed by atoms with Gasteiger partial charge >= 0.3 is 5.97 Å². The highest BCUT2D eigenvalue weighted by molar-refractivity contribution is 14.1. The fourth-order valence-corrected chi connectivity index (χ4v) is 6.00. The summed E-state index contributed by atoms with van der Waals surface area (Å²) < 4.78 is 2.66. The summed E-state index contributed by atoms with van der Waals surface area (Å²) in [6.07, 6.45) is -0.117. The van der Waals surface area contributed by atoms with Crippen LogP contribution in [0.1, 0.15) is 15.9 Å². The molecule has 0 unspecified atom stereocenters. The minimum atomic E-state index is -1.21. The zero-order chi connectivity index (χ0) is 27.0. The molecule has 11 heteroatoms. The molecule has 0 saturated heterocycles. The molecule has 5 rings (SSSR count). The number of Topliss-reactive ketones (excluding diaryl/α,β-unsaturated/α-hetero) is 1. The standard InChI is InChI=1S/C27H19IN4O5S/c1-32-19-13-20(33)18(26(36)37)12-17(19)22(28)23(32)16-9-5-6-14(10-16)11-21(34)24(35)29-27-31-30-25(38-27)15-7-3-2-4-8-15/h2-10,12-13,33H,11H2,1H3,(H,36,37)(H,29,31,35). The van der Waals surface area contributed by atoms with Crippen molar-refractivity contribution in [1.82, 2.24) is 14.8 Å². The van der Waals surface area contributed by atoms with Crippen molar-refractivity contribution in [3.63, 3.8) is 0 Å². The molecule has 9 nitrogen and oxygen atoms in total. The van der Waals surface area contributed by atoms with Crippen molar-refractivity contribution in [3.8, 4) is 27.6 Å². The van der Waals surface area contributed by atoms with Crippen LogP contribution in [0.15, 0.2) is 66.7 Å². The van der Waals surface area contributed by atoms with Crippen LogP contribution in [0.25, 0.3) is 32.7 Å². The molecule has 0 radical (unpaired) electrons. The van der Waals surface area contributed by atoms with Gasteiger partial charge in [0.2, 0.25) is 10.9 Å². The second-order valence-corrected chi connectivity index (χ2v) is 10.5. The first-order chi connectivity index (χ1) is 18.2. The molecule has 38 heavy (non-hydrogen) atoms. The third-order valence-electron chi connectivity index (χ3n) is 5.97. The van der Waals surface area contributed by atoms with Crippen LogP contribution >= 0.6 is 33.9 Å². The predicted octanol–water partition coefficient (Wildman–Crippen LogP) is 5.12. The summed E-state index contributed by atoms with van der Waals surface area (Å²) >= 11 is 3.33. The molecule has 0 aliphatic rings. The Balaban J connectivity index is 1.36. The van der Waals surface area contributed by atoms with Crippen molar-refractivity contribution in [1.29, 1.82) is 0 Å². The lowest BCUT2D eigenvalue weighted by atomic mass is 10.0. The first-order valence-electron chi connectivity index (χ1n) is 11.3. The smallest absolute Gasteiger partial charge is 0.339 e. The van der Waals surface area contributed by atoms with Crippen LogP contribution in [-0.2, 0) is 23.1 Å². The zero-order valence-electron chi connectivity index (χ0n) is 19.8. The number of benzene rings is 3. The highest BCUT2D eigenvalue weighted by Gasteiger charge is 2.21. The fourth-order valence-electron chi connectivity index (χ4n) is 4.15. The average molecular weight is 638 g/mol. The molecule has 0 spiro atoms. The third kappa shape index (κ3) is 4.89. The molecule has 3 aromatic carbocycles. The van der Waals surface area contributed by atoms with Gasteiger partial charge in [-0.25, -0.2) is 4.79 Å². The van der Waals surface area contributed by atoms with Crippen LogP contribution in [0, 0.1) is 3.57 Å². The number of carboxylic acid groups (broad SMARTS) is 1. The molecule has 0 aliphatic heterocycles. The number of nitrogens with one attached hydrogen (secondary N) is 1. The van der Waals surface area contributed by atoms with Crippen molar-refractivity contribution in [2.24, 2.45) is 7.05 Å². The number of phenols is 1. The summed E-state index contributed by atoms with van der Waals surface area (Å²) in [6.45, 7) is 0. The molecular weight excluding hydrogens is 619 g/mol. The maximum Gasteiger partial charge on any atom is 0.339 e. The number of halogens is 1. The molecule has 0 bridgehead atoms. The number of carbonyl (C=O) groups excluding carboxylic acids is 2. The Kier molecular flexibility index (Phi) is 6.95. The van der Waals surface area contributed by atoms with E-state index in [4.69, 9.17) is 0 Å². The monoisotopic (exact) mass is 638 g/mol. The summed E-state index contributed by atoms with van der Waals surface area (Å²) in [6, 6.07) is 19.5. The van der Waals surface area contributed by atoms with Crippen LogP contribution in [0.4, 0.5) is 5.13 Å². The Bertz CT molecular complexity index is 1730. The van der Waals surface area contributed by atoms with Gasteiger partial charge < -0.3 is 14.8 Å². The van der Waals surface area contributed by atoms with Gasteiger partial charge in [0.25, 0.3) is 5.91 Å². The maximum absolute atomic E-state index is 12.7. The number of aromatic nitrogens is 3. The molecule has 2 aromatic heterocycles. The van der Waals surface area contributed by atoms with E-state index in [1.807, 2.05) is 54.1 Å². The first-order valence-corrected chi connectivity index (χ1v) is 13.2. The molecule has 1 amide bonds. The lowest BCUT2D eigenvalue weighted by Gasteiger charge is -2.08. The summed E-state index contributed by atoms with van der Waals surface area (Å²) in [5, 5.41) is 31.7. The Morgan fingerprint density at radius 1 is 1.00 bits per heavy atom. The maximum atomic E-state index is 12.7. The first kappa shape index (κ1) is 25.5. The number of carbonyl (C=O) groups is 3. The average Bonchev–Trinajstić information content (AvgIpc) is 3.46. The lowest BCUT2D eigenvalue weighted by Crippen LogP contribution is -2.24. The number of rotatable bonds is 7. The number of fused-ring (bicyclic) bond motifs is 1. The number of hydrogen-bond acceptors (Lipinski definition) is 7. The Morgan fingerprint density at radius 3 is 2.47 bits per heavy atom. The molecule has 5 aromatic rings. The molecule has 0 saturated carbocycles. The van der Waals surface area contributed by atoms with Crippen molar-refractivity contribution in [2.45, 2.75) is 6.42 Å². The number of anilines is 1. The molecule has 0 aliphatic carbocycles. The van der Waals surface area contributed by atoms with E-state index in [0.29, 0.717) is 21.5 Å². The molecule has 0 fully saturated rings. The highest BCUT2D eigenvalue weighted by Crippen LogP contribution is 2.37. The number of aryl methyl sites for hydroxylation is 1. The van der Waals surface area contributed by atoms with Gasteiger partial charge in [-0.05, 0) is 45.9 Å². The molecule has 2 heterocycles. The molecular formula is C27H19IN4O5S. The van der Waals surface area contributed by atoms with Crippen LogP contribution in [0.3, 0.4) is 0 Å². The van der Waals surface area contributed by atoms with Crippen molar-refractivity contribution >= 4 is 67.6 Å². The number of carboxylic acids is 1. The Hall–Kier alpha value is -4.10. The second-order valence-electron chi connectivity index (χ2n) is 8.45. The Morgan fingerprint density at radius 2 is 1.74 bits per heavy atom. The van der Waals surface area contributed by atoms with Gasteiger partial charge in [0.05, 0.1) is 11.2 Å². The van der Waals surface area contributed by atoms with Crippen LogP contribution in [0.5, 0.6) is 5.75 Å². The number of ketones is 1. The van der Waals surface area contributed by atoms with Gasteiger partial charge in [-0.2, -0.15) is 0 Å². The van der Waals surface area contributed by atoms with Gasteiger partial charge in [0.1, 0.15) is 16.3 Å². The summed E-state index contributed by atoms with van der Waals surface area (Å²) in [4.78, 5) is 36.8. The molecule has 190 valence electrons. The van der Waals surface area contributed by atoms with Crippen molar-refractivity contribution in [2.75, 3.05) is 5.32 Å². The van der Waals surface area contributed by atoms with E-state index in [1.54, 1.807) is 12.1 Å².